The molecule has 1 fully saturated rings. The van der Waals surface area contributed by atoms with Gasteiger partial charge in [-0.1, -0.05) is 0 Å². The minimum absolute atomic E-state index is 0.0607. The van der Waals surface area contributed by atoms with Gasteiger partial charge >= 0.3 is 0 Å². The maximum Gasteiger partial charge on any atom is 0.218 e. The molecule has 92 valence electrons. The Balaban J connectivity index is 2.12. The maximum absolute atomic E-state index is 5.46. The SMILES string of the molecule is NC(N)=NC(N)=NCCCN1CCOCC1. The van der Waals surface area contributed by atoms with E-state index in [1.165, 1.54) is 0 Å². The molecule has 0 aromatic rings. The van der Waals surface area contributed by atoms with E-state index in [4.69, 9.17) is 21.9 Å². The van der Waals surface area contributed by atoms with Crippen molar-refractivity contribution in [2.75, 3.05) is 39.4 Å². The van der Waals surface area contributed by atoms with Gasteiger partial charge in [0.2, 0.25) is 5.96 Å². The van der Waals surface area contributed by atoms with Crippen LogP contribution in [0.5, 0.6) is 0 Å². The lowest BCUT2D eigenvalue weighted by atomic mass is 10.3. The van der Waals surface area contributed by atoms with E-state index in [0.29, 0.717) is 6.54 Å². The fraction of sp³-hybridized carbons (Fsp3) is 0.778. The number of aliphatic imine (C=N–C) groups is 2. The first-order valence-corrected chi connectivity index (χ1v) is 5.38. The van der Waals surface area contributed by atoms with Crippen LogP contribution < -0.4 is 17.2 Å². The van der Waals surface area contributed by atoms with Gasteiger partial charge in [-0.3, -0.25) is 9.89 Å². The molecule has 0 amide bonds. The lowest BCUT2D eigenvalue weighted by Crippen LogP contribution is -2.37. The van der Waals surface area contributed by atoms with Crippen molar-refractivity contribution in [1.29, 1.82) is 0 Å². The summed E-state index contributed by atoms with van der Waals surface area (Å²) in [5.41, 5.74) is 15.8. The molecule has 0 saturated carbocycles. The summed E-state index contributed by atoms with van der Waals surface area (Å²) in [6.07, 6.45) is 0.945. The smallest absolute Gasteiger partial charge is 0.218 e. The van der Waals surface area contributed by atoms with Crippen LogP contribution in [0.4, 0.5) is 0 Å². The van der Waals surface area contributed by atoms with Crippen molar-refractivity contribution >= 4 is 11.9 Å². The predicted octanol–water partition coefficient (Wildman–Crippen LogP) is -1.70. The van der Waals surface area contributed by atoms with Gasteiger partial charge in [-0.05, 0) is 6.42 Å². The van der Waals surface area contributed by atoms with Crippen LogP contribution in [0.15, 0.2) is 9.98 Å². The molecule has 16 heavy (non-hydrogen) atoms. The Labute approximate surface area is 95.3 Å². The molecule has 0 aromatic heterocycles. The molecule has 6 N–H and O–H groups in total. The molecule has 1 heterocycles. The lowest BCUT2D eigenvalue weighted by Gasteiger charge is -2.26. The molecule has 7 nitrogen and oxygen atoms in total. The van der Waals surface area contributed by atoms with Gasteiger partial charge in [0.05, 0.1) is 13.2 Å². The van der Waals surface area contributed by atoms with Crippen molar-refractivity contribution in [2.45, 2.75) is 6.42 Å². The Morgan fingerprint density at radius 1 is 1.19 bits per heavy atom. The number of nitrogens with two attached hydrogens (primary N) is 3. The molecule has 0 aromatic carbocycles. The van der Waals surface area contributed by atoms with Crippen LogP contribution in [0, 0.1) is 0 Å². The quantitative estimate of drug-likeness (QED) is 0.301. The maximum atomic E-state index is 5.46. The molecule has 1 saturated heterocycles. The molecule has 0 radical (unpaired) electrons. The van der Waals surface area contributed by atoms with Gasteiger partial charge in [0.25, 0.3) is 0 Å². The standard InChI is InChI=1S/C9H20N6O/c10-8(11)14-9(12)13-2-1-3-15-4-6-16-7-5-15/h1-7H2,(H6,10,11,12,13,14). The summed E-state index contributed by atoms with van der Waals surface area (Å²) in [7, 11) is 0. The van der Waals surface area contributed by atoms with Crippen molar-refractivity contribution in [1.82, 2.24) is 4.90 Å². The summed E-state index contributed by atoms with van der Waals surface area (Å²) in [4.78, 5) is 10.0. The van der Waals surface area contributed by atoms with Crippen LogP contribution in [-0.4, -0.2) is 56.2 Å². The Kier molecular flexibility index (Phi) is 5.58. The Bertz CT molecular complexity index is 255. The average molecular weight is 228 g/mol. The Morgan fingerprint density at radius 3 is 2.50 bits per heavy atom. The largest absolute Gasteiger partial charge is 0.379 e. The normalized spacial score (nSPS) is 18.4. The van der Waals surface area contributed by atoms with Gasteiger partial charge in [-0.2, -0.15) is 4.99 Å². The molecule has 1 aliphatic heterocycles. The van der Waals surface area contributed by atoms with Gasteiger partial charge in [0, 0.05) is 26.2 Å². The van der Waals surface area contributed by atoms with Crippen LogP contribution in [0.25, 0.3) is 0 Å². The fourth-order valence-corrected chi connectivity index (χ4v) is 1.48. The highest BCUT2D eigenvalue weighted by Crippen LogP contribution is 1.97. The van der Waals surface area contributed by atoms with Crippen molar-refractivity contribution in [3.8, 4) is 0 Å². The molecule has 0 bridgehead atoms. The number of morpholine rings is 1. The van der Waals surface area contributed by atoms with Crippen molar-refractivity contribution < 1.29 is 4.74 Å². The van der Waals surface area contributed by atoms with Crippen LogP contribution in [0.3, 0.4) is 0 Å². The topological polar surface area (TPSA) is 115 Å². The summed E-state index contributed by atoms with van der Waals surface area (Å²) in [6, 6.07) is 0. The van der Waals surface area contributed by atoms with Crippen molar-refractivity contribution in [3.63, 3.8) is 0 Å². The first-order chi connectivity index (χ1) is 7.68. The molecule has 0 unspecified atom stereocenters. The minimum Gasteiger partial charge on any atom is -0.379 e. The van der Waals surface area contributed by atoms with Crippen LogP contribution in [0.2, 0.25) is 0 Å². The van der Waals surface area contributed by atoms with Crippen molar-refractivity contribution in [2.24, 2.45) is 27.2 Å². The third kappa shape index (κ3) is 5.52. The number of guanidine groups is 2. The van der Waals surface area contributed by atoms with Crippen LogP contribution in [0.1, 0.15) is 6.42 Å². The van der Waals surface area contributed by atoms with E-state index in [9.17, 15) is 0 Å². The molecular formula is C9H20N6O. The third-order valence-corrected chi connectivity index (χ3v) is 2.25. The zero-order valence-corrected chi connectivity index (χ0v) is 9.43. The molecule has 0 spiro atoms. The van der Waals surface area contributed by atoms with Crippen molar-refractivity contribution in [3.05, 3.63) is 0 Å². The molecule has 1 aliphatic rings. The van der Waals surface area contributed by atoms with E-state index in [2.05, 4.69) is 14.9 Å². The minimum atomic E-state index is -0.0607. The summed E-state index contributed by atoms with van der Waals surface area (Å²) >= 11 is 0. The van der Waals surface area contributed by atoms with Crippen LogP contribution in [-0.2, 0) is 4.74 Å². The average Bonchev–Trinajstić information content (AvgIpc) is 2.25. The summed E-state index contributed by atoms with van der Waals surface area (Å²) in [6.45, 7) is 5.26. The van der Waals surface area contributed by atoms with E-state index >= 15 is 0 Å². The highest BCUT2D eigenvalue weighted by molar-refractivity contribution is 5.92. The second-order valence-electron chi connectivity index (χ2n) is 3.58. The summed E-state index contributed by atoms with van der Waals surface area (Å²) < 4.78 is 5.25. The number of hydrogen-bond acceptors (Lipinski definition) is 3. The van der Waals surface area contributed by atoms with E-state index in [-0.39, 0.29) is 11.9 Å². The zero-order chi connectivity index (χ0) is 11.8. The number of rotatable bonds is 4. The second-order valence-corrected chi connectivity index (χ2v) is 3.58. The monoisotopic (exact) mass is 228 g/mol. The number of ether oxygens (including phenoxy) is 1. The molecule has 0 aliphatic carbocycles. The van der Waals surface area contributed by atoms with E-state index in [1.807, 2.05) is 0 Å². The molecular weight excluding hydrogens is 208 g/mol. The first-order valence-electron chi connectivity index (χ1n) is 5.38. The van der Waals surface area contributed by atoms with Crippen LogP contribution >= 0.6 is 0 Å². The molecule has 0 atom stereocenters. The Morgan fingerprint density at radius 2 is 1.88 bits per heavy atom. The summed E-state index contributed by atoms with van der Waals surface area (Å²) in [5, 5.41) is 0. The van der Waals surface area contributed by atoms with Gasteiger partial charge in [0.15, 0.2) is 5.96 Å². The highest BCUT2D eigenvalue weighted by Gasteiger charge is 2.08. The van der Waals surface area contributed by atoms with E-state index in [0.717, 1.165) is 39.3 Å². The lowest BCUT2D eigenvalue weighted by molar-refractivity contribution is 0.0377. The molecule has 7 heteroatoms. The number of nitrogens with zero attached hydrogens (tertiary/aromatic N) is 3. The number of hydrogen-bond donors (Lipinski definition) is 3. The van der Waals surface area contributed by atoms with Gasteiger partial charge in [-0.15, -0.1) is 0 Å². The van der Waals surface area contributed by atoms with E-state index < -0.39 is 0 Å². The second kappa shape index (κ2) is 7.02. The Hall–Kier alpha value is -1.34. The first kappa shape index (κ1) is 12.7. The summed E-state index contributed by atoms with van der Waals surface area (Å²) in [5.74, 6) is 0.0800. The van der Waals surface area contributed by atoms with Gasteiger partial charge in [-0.25, -0.2) is 0 Å². The highest BCUT2D eigenvalue weighted by atomic mass is 16.5. The van der Waals surface area contributed by atoms with Gasteiger partial charge in [0.1, 0.15) is 0 Å². The molecule has 1 rings (SSSR count). The zero-order valence-electron chi connectivity index (χ0n) is 9.43. The fourth-order valence-electron chi connectivity index (χ4n) is 1.48. The predicted molar refractivity (Wildman–Crippen MR) is 64.2 cm³/mol. The van der Waals surface area contributed by atoms with Gasteiger partial charge < -0.3 is 21.9 Å². The third-order valence-electron chi connectivity index (χ3n) is 2.25. The van der Waals surface area contributed by atoms with E-state index in [1.54, 1.807) is 0 Å².